The monoisotopic (exact) mass is 245 g/mol. The van der Waals surface area contributed by atoms with Gasteiger partial charge in [-0.1, -0.05) is 0 Å². The van der Waals surface area contributed by atoms with Gasteiger partial charge in [0.15, 0.2) is 0 Å². The summed E-state index contributed by atoms with van der Waals surface area (Å²) >= 11 is 1.23. The lowest BCUT2D eigenvalue weighted by molar-refractivity contribution is -0.133. The van der Waals surface area contributed by atoms with Gasteiger partial charge >= 0.3 is 0 Å². The molecule has 1 fully saturated rings. The molecule has 4 atom stereocenters. The summed E-state index contributed by atoms with van der Waals surface area (Å²) in [6.45, 7) is 3.88. The van der Waals surface area contributed by atoms with Crippen LogP contribution in [-0.2, 0) is 4.74 Å². The van der Waals surface area contributed by atoms with Crippen molar-refractivity contribution in [3.8, 4) is 0 Å². The van der Waals surface area contributed by atoms with Crippen LogP contribution < -0.4 is 5.32 Å². The Morgan fingerprint density at radius 1 is 1.44 bits per heavy atom. The number of aliphatic hydroxyl groups is 2. The van der Waals surface area contributed by atoms with Gasteiger partial charge in [-0.3, -0.25) is 0 Å². The molecule has 2 heterocycles. The van der Waals surface area contributed by atoms with Gasteiger partial charge in [0.1, 0.15) is 18.0 Å². The van der Waals surface area contributed by atoms with Crippen LogP contribution >= 0.6 is 11.5 Å². The fraction of sp³-hybridized carbons (Fsp3) is 0.778. The van der Waals surface area contributed by atoms with Gasteiger partial charge in [0.2, 0.25) is 5.13 Å². The molecule has 0 unspecified atom stereocenters. The Bertz CT molecular complexity index is 360. The lowest BCUT2D eigenvalue weighted by atomic mass is 9.99. The van der Waals surface area contributed by atoms with E-state index in [9.17, 15) is 10.2 Å². The number of aryl methyl sites for hydroxylation is 1. The molecule has 1 saturated heterocycles. The molecule has 7 heteroatoms. The molecule has 90 valence electrons. The number of anilines is 1. The fourth-order valence-corrected chi connectivity index (χ4v) is 2.25. The van der Waals surface area contributed by atoms with E-state index in [1.807, 2.05) is 0 Å². The first-order valence-corrected chi connectivity index (χ1v) is 5.90. The molecule has 16 heavy (non-hydrogen) atoms. The number of nitrogens with one attached hydrogen (secondary N) is 1. The zero-order valence-corrected chi connectivity index (χ0v) is 9.94. The van der Waals surface area contributed by atoms with Crippen molar-refractivity contribution in [2.24, 2.45) is 0 Å². The molecule has 0 amide bonds. The Hall–Kier alpha value is -0.760. The normalized spacial score (nSPS) is 35.0. The number of aliphatic hydroxyl groups excluding tert-OH is 2. The van der Waals surface area contributed by atoms with Gasteiger partial charge in [-0.05, 0) is 13.8 Å². The highest BCUT2D eigenvalue weighted by Crippen LogP contribution is 2.20. The minimum Gasteiger partial charge on any atom is -0.388 e. The highest BCUT2D eigenvalue weighted by Gasteiger charge is 2.36. The Balaban J connectivity index is 2.00. The first-order chi connectivity index (χ1) is 7.58. The second kappa shape index (κ2) is 4.62. The number of nitrogens with zero attached hydrogens (tertiary/aromatic N) is 2. The maximum absolute atomic E-state index is 9.84. The molecule has 0 aliphatic carbocycles. The highest BCUT2D eigenvalue weighted by molar-refractivity contribution is 7.09. The molecule has 1 aromatic rings. The van der Waals surface area contributed by atoms with E-state index < -0.39 is 12.2 Å². The molecule has 0 bridgehead atoms. The predicted octanol–water partition coefficient (Wildman–Crippen LogP) is -0.232. The summed E-state index contributed by atoms with van der Waals surface area (Å²) in [5, 5.41) is 23.1. The summed E-state index contributed by atoms with van der Waals surface area (Å²) in [7, 11) is 0. The van der Waals surface area contributed by atoms with Crippen LogP contribution in [0, 0.1) is 6.92 Å². The highest BCUT2D eigenvalue weighted by atomic mass is 32.1. The van der Waals surface area contributed by atoms with Crippen LogP contribution in [0.5, 0.6) is 0 Å². The molecule has 3 N–H and O–H groups in total. The Morgan fingerprint density at radius 2 is 2.19 bits per heavy atom. The zero-order valence-electron chi connectivity index (χ0n) is 9.12. The van der Waals surface area contributed by atoms with Gasteiger partial charge in [-0.25, -0.2) is 4.98 Å². The van der Waals surface area contributed by atoms with Crippen molar-refractivity contribution in [2.75, 3.05) is 11.9 Å². The largest absolute Gasteiger partial charge is 0.388 e. The number of hydrogen-bond acceptors (Lipinski definition) is 7. The van der Waals surface area contributed by atoms with Crippen LogP contribution in [0.3, 0.4) is 0 Å². The van der Waals surface area contributed by atoms with Gasteiger partial charge in [-0.15, -0.1) is 0 Å². The summed E-state index contributed by atoms with van der Waals surface area (Å²) in [5.41, 5.74) is 0. The molecule has 1 aliphatic rings. The lowest BCUT2D eigenvalue weighted by Gasteiger charge is -2.36. The zero-order chi connectivity index (χ0) is 11.7. The van der Waals surface area contributed by atoms with Crippen molar-refractivity contribution in [1.29, 1.82) is 0 Å². The molecule has 1 aromatic heterocycles. The molecular weight excluding hydrogens is 230 g/mol. The molecule has 6 nitrogen and oxygen atoms in total. The smallest absolute Gasteiger partial charge is 0.202 e. The van der Waals surface area contributed by atoms with Crippen LogP contribution in [0.4, 0.5) is 5.13 Å². The molecule has 0 spiro atoms. The van der Waals surface area contributed by atoms with Crippen LogP contribution in [0.1, 0.15) is 12.7 Å². The predicted molar refractivity (Wildman–Crippen MR) is 59.5 cm³/mol. The summed E-state index contributed by atoms with van der Waals surface area (Å²) < 4.78 is 9.36. The average molecular weight is 245 g/mol. The summed E-state index contributed by atoms with van der Waals surface area (Å²) in [5.74, 6) is 0.688. The molecule has 0 radical (unpaired) electrons. The number of aromatic nitrogens is 2. The number of hydrogen-bond donors (Lipinski definition) is 3. The minimum absolute atomic E-state index is 0.343. The quantitative estimate of drug-likeness (QED) is 0.667. The van der Waals surface area contributed by atoms with Gasteiger partial charge in [0, 0.05) is 11.5 Å². The fourth-order valence-electron chi connectivity index (χ4n) is 1.61. The third kappa shape index (κ3) is 2.32. The Morgan fingerprint density at radius 3 is 2.81 bits per heavy atom. The third-order valence-corrected chi connectivity index (χ3v) is 3.36. The van der Waals surface area contributed by atoms with Crippen molar-refractivity contribution < 1.29 is 14.9 Å². The first-order valence-electron chi connectivity index (χ1n) is 5.12. The van der Waals surface area contributed by atoms with E-state index >= 15 is 0 Å². The summed E-state index contributed by atoms with van der Waals surface area (Å²) in [6, 6.07) is -0.349. The summed E-state index contributed by atoms with van der Waals surface area (Å²) in [4.78, 5) is 4.13. The first kappa shape index (κ1) is 11.7. The van der Waals surface area contributed by atoms with Crippen LogP contribution in [0.25, 0.3) is 0 Å². The molecule has 2 rings (SSSR count). The van der Waals surface area contributed by atoms with Gasteiger partial charge in [-0.2, -0.15) is 4.37 Å². The second-order valence-corrected chi connectivity index (χ2v) is 4.67. The lowest BCUT2D eigenvalue weighted by Crippen LogP contribution is -2.54. The van der Waals surface area contributed by atoms with Crippen molar-refractivity contribution in [2.45, 2.75) is 38.2 Å². The number of ether oxygens (including phenoxy) is 1. The van der Waals surface area contributed by atoms with E-state index in [2.05, 4.69) is 14.7 Å². The van der Waals surface area contributed by atoms with Crippen molar-refractivity contribution in [1.82, 2.24) is 9.36 Å². The van der Waals surface area contributed by atoms with Crippen molar-refractivity contribution in [3.63, 3.8) is 0 Å². The van der Waals surface area contributed by atoms with E-state index in [0.717, 1.165) is 0 Å². The average Bonchev–Trinajstić information content (AvgIpc) is 2.65. The minimum atomic E-state index is -0.875. The Labute approximate surface area is 97.5 Å². The topological polar surface area (TPSA) is 87.5 Å². The van der Waals surface area contributed by atoms with Crippen LogP contribution in [0.2, 0.25) is 0 Å². The maximum atomic E-state index is 9.84. The van der Waals surface area contributed by atoms with Crippen LogP contribution in [-0.4, -0.2) is 50.5 Å². The molecular formula is C9H15N3O3S. The standard InChI is InChI=1S/C9H15N3O3S/c1-4-7(13)8(14)6(3-15-4)11-9-10-5(2)12-16-9/h4,6-8,13-14H,3H2,1-2H3,(H,10,11,12)/t4-,6+,7+,8-/m1/s1. The second-order valence-electron chi connectivity index (χ2n) is 3.92. The summed E-state index contributed by atoms with van der Waals surface area (Å²) in [6.07, 6.45) is -2.07. The number of rotatable bonds is 2. The molecule has 0 aromatic carbocycles. The van der Waals surface area contributed by atoms with Crippen molar-refractivity contribution >= 4 is 16.7 Å². The van der Waals surface area contributed by atoms with E-state index in [1.165, 1.54) is 11.5 Å². The third-order valence-electron chi connectivity index (χ3n) is 2.62. The molecule has 1 aliphatic heterocycles. The van der Waals surface area contributed by atoms with Gasteiger partial charge < -0.3 is 20.3 Å². The van der Waals surface area contributed by atoms with E-state index in [4.69, 9.17) is 4.74 Å². The Kier molecular flexibility index (Phi) is 3.38. The SMILES string of the molecule is Cc1nsc(N[C@H]2CO[C@H](C)[C@H](O)[C@@H]2O)n1. The van der Waals surface area contributed by atoms with Gasteiger partial charge in [0.05, 0.1) is 18.8 Å². The van der Waals surface area contributed by atoms with Crippen LogP contribution in [0.15, 0.2) is 0 Å². The molecule has 0 saturated carbocycles. The van der Waals surface area contributed by atoms with Crippen molar-refractivity contribution in [3.05, 3.63) is 5.82 Å². The van der Waals surface area contributed by atoms with Gasteiger partial charge in [0.25, 0.3) is 0 Å². The van der Waals surface area contributed by atoms with E-state index in [-0.39, 0.29) is 12.1 Å². The maximum Gasteiger partial charge on any atom is 0.202 e. The van der Waals surface area contributed by atoms with E-state index in [0.29, 0.717) is 17.6 Å². The van der Waals surface area contributed by atoms with E-state index in [1.54, 1.807) is 13.8 Å².